The van der Waals surface area contributed by atoms with Crippen LogP contribution in [0.25, 0.3) is 0 Å². The standard InChI is InChI=1S/C22H24ClN3O2/c1-25-10-8-22(9-11-25)26-20(18-13-16(23)6-7-21(18)28-22)14-19(24-26)15-4-3-5-17(12-15)27-2/h3-7,12-13,20H,8-11,14H2,1-2H3/t20-/m0/s1. The van der Waals surface area contributed by atoms with Crippen LogP contribution in [-0.2, 0) is 0 Å². The molecule has 3 heterocycles. The van der Waals surface area contributed by atoms with Crippen LogP contribution in [0.2, 0.25) is 5.02 Å². The van der Waals surface area contributed by atoms with Gasteiger partial charge in [0, 0.05) is 48.5 Å². The molecule has 6 heteroatoms. The molecule has 1 spiro atoms. The third-order valence-electron chi connectivity index (χ3n) is 6.13. The quantitative estimate of drug-likeness (QED) is 0.756. The van der Waals surface area contributed by atoms with Crippen LogP contribution in [0.15, 0.2) is 47.6 Å². The van der Waals surface area contributed by atoms with Crippen LogP contribution in [0.1, 0.15) is 36.4 Å². The van der Waals surface area contributed by atoms with E-state index in [1.54, 1.807) is 7.11 Å². The van der Waals surface area contributed by atoms with Gasteiger partial charge in [0.15, 0.2) is 0 Å². The molecule has 3 aliphatic rings. The molecule has 0 bridgehead atoms. The predicted molar refractivity (Wildman–Crippen MR) is 110 cm³/mol. The lowest BCUT2D eigenvalue weighted by atomic mass is 9.91. The highest BCUT2D eigenvalue weighted by Gasteiger charge is 2.51. The minimum absolute atomic E-state index is 0.145. The largest absolute Gasteiger partial charge is 0.497 e. The second-order valence-electron chi connectivity index (χ2n) is 7.88. The number of benzene rings is 2. The van der Waals surface area contributed by atoms with Gasteiger partial charge in [-0.25, -0.2) is 5.01 Å². The lowest BCUT2D eigenvalue weighted by molar-refractivity contribution is -0.147. The Morgan fingerprint density at radius 1 is 1.18 bits per heavy atom. The van der Waals surface area contributed by atoms with Gasteiger partial charge in [-0.1, -0.05) is 23.7 Å². The van der Waals surface area contributed by atoms with Crippen molar-refractivity contribution in [3.05, 3.63) is 58.6 Å². The molecule has 2 aromatic carbocycles. The van der Waals surface area contributed by atoms with Gasteiger partial charge in [-0.3, -0.25) is 0 Å². The van der Waals surface area contributed by atoms with Crippen molar-refractivity contribution in [3.8, 4) is 11.5 Å². The number of fused-ring (bicyclic) bond motifs is 4. The predicted octanol–water partition coefficient (Wildman–Crippen LogP) is 4.31. The average molecular weight is 398 g/mol. The van der Waals surface area contributed by atoms with Crippen LogP contribution in [0, 0.1) is 0 Å². The Kier molecular flexibility index (Phi) is 4.25. The van der Waals surface area contributed by atoms with Crippen molar-refractivity contribution in [1.29, 1.82) is 0 Å². The Morgan fingerprint density at radius 3 is 2.79 bits per heavy atom. The monoisotopic (exact) mass is 397 g/mol. The summed E-state index contributed by atoms with van der Waals surface area (Å²) < 4.78 is 12.0. The van der Waals surface area contributed by atoms with E-state index in [-0.39, 0.29) is 6.04 Å². The first-order valence-corrected chi connectivity index (χ1v) is 10.1. The van der Waals surface area contributed by atoms with Crippen molar-refractivity contribution in [2.24, 2.45) is 5.10 Å². The number of hydrogen-bond acceptors (Lipinski definition) is 5. The van der Waals surface area contributed by atoms with Crippen LogP contribution in [0.3, 0.4) is 0 Å². The van der Waals surface area contributed by atoms with Crippen molar-refractivity contribution >= 4 is 17.3 Å². The first-order valence-electron chi connectivity index (χ1n) is 9.76. The van der Waals surface area contributed by atoms with Crippen LogP contribution in [-0.4, -0.2) is 48.6 Å². The lowest BCUT2D eigenvalue weighted by Crippen LogP contribution is -2.58. The molecule has 0 unspecified atom stereocenters. The van der Waals surface area contributed by atoms with E-state index >= 15 is 0 Å². The van der Waals surface area contributed by atoms with E-state index in [2.05, 4.69) is 29.1 Å². The molecule has 5 nitrogen and oxygen atoms in total. The van der Waals surface area contributed by atoms with Crippen LogP contribution < -0.4 is 9.47 Å². The molecular formula is C22H24ClN3O2. The molecule has 0 amide bonds. The molecule has 1 fully saturated rings. The zero-order valence-corrected chi connectivity index (χ0v) is 16.9. The number of nitrogens with zero attached hydrogens (tertiary/aromatic N) is 3. The third kappa shape index (κ3) is 2.85. The Balaban J connectivity index is 1.58. The Morgan fingerprint density at radius 2 is 2.00 bits per heavy atom. The van der Waals surface area contributed by atoms with Crippen molar-refractivity contribution in [1.82, 2.24) is 9.91 Å². The summed E-state index contributed by atoms with van der Waals surface area (Å²) in [7, 11) is 3.86. The maximum absolute atomic E-state index is 6.62. The number of halogens is 1. The molecule has 0 N–H and O–H groups in total. The molecule has 0 aromatic heterocycles. The van der Waals surface area contributed by atoms with Crippen LogP contribution >= 0.6 is 11.6 Å². The molecule has 5 rings (SSSR count). The van der Waals surface area contributed by atoms with E-state index in [1.165, 1.54) is 0 Å². The molecule has 3 aliphatic heterocycles. The molecule has 146 valence electrons. The number of hydrazone groups is 1. The average Bonchev–Trinajstić information content (AvgIpc) is 3.18. The molecule has 1 atom stereocenters. The van der Waals surface area contributed by atoms with Gasteiger partial charge in [0.05, 0.1) is 18.9 Å². The first kappa shape index (κ1) is 17.8. The van der Waals surface area contributed by atoms with Gasteiger partial charge in [-0.2, -0.15) is 5.10 Å². The topological polar surface area (TPSA) is 37.3 Å². The maximum atomic E-state index is 6.62. The zero-order chi connectivity index (χ0) is 19.3. The second kappa shape index (κ2) is 6.68. The van der Waals surface area contributed by atoms with Crippen molar-refractivity contribution in [2.75, 3.05) is 27.2 Å². The second-order valence-corrected chi connectivity index (χ2v) is 8.31. The van der Waals surface area contributed by atoms with Gasteiger partial charge in [-0.05, 0) is 37.4 Å². The summed E-state index contributed by atoms with van der Waals surface area (Å²) in [5.74, 6) is 1.79. The molecule has 1 saturated heterocycles. The smallest absolute Gasteiger partial charge is 0.200 e. The highest BCUT2D eigenvalue weighted by atomic mass is 35.5. The zero-order valence-electron chi connectivity index (χ0n) is 16.2. The van der Waals surface area contributed by atoms with Gasteiger partial charge in [0.25, 0.3) is 0 Å². The fraction of sp³-hybridized carbons (Fsp3) is 0.409. The maximum Gasteiger partial charge on any atom is 0.200 e. The Hall–Kier alpha value is -2.24. The highest BCUT2D eigenvalue weighted by molar-refractivity contribution is 6.30. The minimum Gasteiger partial charge on any atom is -0.497 e. The van der Waals surface area contributed by atoms with E-state index in [0.29, 0.717) is 0 Å². The molecule has 0 saturated carbocycles. The van der Waals surface area contributed by atoms with Crippen molar-refractivity contribution in [3.63, 3.8) is 0 Å². The summed E-state index contributed by atoms with van der Waals surface area (Å²) in [6.45, 7) is 1.99. The van der Waals surface area contributed by atoms with E-state index in [9.17, 15) is 0 Å². The fourth-order valence-electron chi connectivity index (χ4n) is 4.53. The van der Waals surface area contributed by atoms with Crippen LogP contribution in [0.5, 0.6) is 11.5 Å². The summed E-state index contributed by atoms with van der Waals surface area (Å²) in [4.78, 5) is 2.35. The van der Waals surface area contributed by atoms with Crippen molar-refractivity contribution in [2.45, 2.75) is 31.0 Å². The van der Waals surface area contributed by atoms with E-state index < -0.39 is 5.72 Å². The van der Waals surface area contributed by atoms with Crippen molar-refractivity contribution < 1.29 is 9.47 Å². The number of piperidine rings is 1. The molecule has 2 aromatic rings. The first-order chi connectivity index (χ1) is 13.6. The minimum atomic E-state index is -0.390. The summed E-state index contributed by atoms with van der Waals surface area (Å²) in [5, 5.41) is 8.04. The molecular weight excluding hydrogens is 374 g/mol. The number of likely N-dealkylation sites (tertiary alicyclic amines) is 1. The summed E-state index contributed by atoms with van der Waals surface area (Å²) in [6.07, 6.45) is 2.69. The van der Waals surface area contributed by atoms with E-state index in [0.717, 1.165) is 65.7 Å². The summed E-state index contributed by atoms with van der Waals surface area (Å²) >= 11 is 6.32. The number of rotatable bonds is 2. The third-order valence-corrected chi connectivity index (χ3v) is 6.37. The normalized spacial score (nSPS) is 23.0. The van der Waals surface area contributed by atoms with Gasteiger partial charge >= 0.3 is 0 Å². The SMILES string of the molecule is COc1cccc(C2=NN3[C@@H](C2)c2cc(Cl)ccc2OC32CCN(C)CC2)c1. The summed E-state index contributed by atoms with van der Waals surface area (Å²) in [5.41, 5.74) is 2.90. The number of methoxy groups -OCH3 is 1. The fourth-order valence-corrected chi connectivity index (χ4v) is 4.71. The highest BCUT2D eigenvalue weighted by Crippen LogP contribution is 2.50. The van der Waals surface area contributed by atoms with E-state index in [4.69, 9.17) is 26.2 Å². The number of ether oxygens (including phenoxy) is 2. The molecule has 28 heavy (non-hydrogen) atoms. The molecule has 0 aliphatic carbocycles. The van der Waals surface area contributed by atoms with Gasteiger partial charge in [0.1, 0.15) is 11.5 Å². The summed E-state index contributed by atoms with van der Waals surface area (Å²) in [6, 6.07) is 14.2. The number of hydrogen-bond donors (Lipinski definition) is 0. The lowest BCUT2D eigenvalue weighted by Gasteiger charge is -2.50. The Labute approximate surface area is 170 Å². The van der Waals surface area contributed by atoms with Crippen LogP contribution in [0.4, 0.5) is 0 Å². The van der Waals surface area contributed by atoms with Gasteiger partial charge < -0.3 is 14.4 Å². The van der Waals surface area contributed by atoms with E-state index in [1.807, 2.05) is 30.3 Å². The molecule has 0 radical (unpaired) electrons. The van der Waals surface area contributed by atoms with Gasteiger partial charge in [0.2, 0.25) is 5.72 Å². The Bertz CT molecular complexity index is 937. The van der Waals surface area contributed by atoms with Gasteiger partial charge in [-0.15, -0.1) is 0 Å².